The fourth-order valence-corrected chi connectivity index (χ4v) is 2.09. The van der Waals surface area contributed by atoms with Crippen LogP contribution in [-0.2, 0) is 4.74 Å². The summed E-state index contributed by atoms with van der Waals surface area (Å²) in [4.78, 5) is 0. The minimum absolute atomic E-state index is 0.166. The van der Waals surface area contributed by atoms with Crippen LogP contribution in [0, 0.1) is 5.92 Å². The molecule has 0 spiro atoms. The third kappa shape index (κ3) is 2.12. The van der Waals surface area contributed by atoms with Crippen LogP contribution in [0.5, 0.6) is 0 Å². The third-order valence-corrected chi connectivity index (χ3v) is 2.89. The smallest absolute Gasteiger partial charge is 0.0975 e. The molecular formula is C9H17ClO2. The molecule has 0 amide bonds. The highest BCUT2D eigenvalue weighted by Gasteiger charge is 2.34. The van der Waals surface area contributed by atoms with Crippen molar-refractivity contribution in [2.45, 2.75) is 45.0 Å². The largest absolute Gasteiger partial charge is 0.390 e. The Kier molecular flexibility index (Phi) is 3.81. The van der Waals surface area contributed by atoms with Crippen molar-refractivity contribution < 1.29 is 9.84 Å². The summed E-state index contributed by atoms with van der Waals surface area (Å²) < 4.78 is 5.50. The first kappa shape index (κ1) is 10.3. The molecule has 1 rings (SSSR count). The van der Waals surface area contributed by atoms with Crippen LogP contribution < -0.4 is 0 Å². The maximum atomic E-state index is 9.74. The van der Waals surface area contributed by atoms with E-state index >= 15 is 0 Å². The molecule has 0 aromatic heterocycles. The topological polar surface area (TPSA) is 29.5 Å². The summed E-state index contributed by atoms with van der Waals surface area (Å²) in [5.41, 5.74) is 0. The van der Waals surface area contributed by atoms with Gasteiger partial charge in [0.15, 0.2) is 0 Å². The molecule has 3 unspecified atom stereocenters. The molecule has 0 bridgehead atoms. The van der Waals surface area contributed by atoms with Gasteiger partial charge in [0.2, 0.25) is 0 Å². The second-order valence-corrected chi connectivity index (χ2v) is 3.84. The maximum Gasteiger partial charge on any atom is 0.0975 e. The van der Waals surface area contributed by atoms with Crippen LogP contribution in [0.2, 0.25) is 0 Å². The van der Waals surface area contributed by atoms with E-state index in [-0.39, 0.29) is 18.3 Å². The van der Waals surface area contributed by atoms with Gasteiger partial charge in [-0.25, -0.2) is 0 Å². The van der Waals surface area contributed by atoms with E-state index in [2.05, 4.69) is 6.92 Å². The van der Waals surface area contributed by atoms with Gasteiger partial charge in [-0.1, -0.05) is 13.3 Å². The Labute approximate surface area is 78.9 Å². The molecule has 0 radical (unpaired) electrons. The van der Waals surface area contributed by atoms with Gasteiger partial charge in [0.05, 0.1) is 24.2 Å². The molecule has 2 nitrogen and oxygen atoms in total. The van der Waals surface area contributed by atoms with Gasteiger partial charge in [0.1, 0.15) is 0 Å². The van der Waals surface area contributed by atoms with Crippen molar-refractivity contribution in [3.8, 4) is 0 Å². The lowest BCUT2D eigenvalue weighted by molar-refractivity contribution is -0.129. The first-order valence-corrected chi connectivity index (χ1v) is 5.12. The highest BCUT2D eigenvalue weighted by Crippen LogP contribution is 2.28. The SMILES string of the molecule is CCC1CC(C)OC(CCl)[C@H]1O. The van der Waals surface area contributed by atoms with E-state index in [0.29, 0.717) is 11.8 Å². The van der Waals surface area contributed by atoms with Crippen molar-refractivity contribution in [2.24, 2.45) is 5.92 Å². The fraction of sp³-hybridized carbons (Fsp3) is 1.00. The molecule has 0 aromatic carbocycles. The van der Waals surface area contributed by atoms with E-state index in [1.807, 2.05) is 6.92 Å². The van der Waals surface area contributed by atoms with E-state index in [9.17, 15) is 5.11 Å². The van der Waals surface area contributed by atoms with Crippen LogP contribution in [0.4, 0.5) is 0 Å². The number of hydrogen-bond acceptors (Lipinski definition) is 2. The molecule has 4 atom stereocenters. The molecular weight excluding hydrogens is 176 g/mol. The third-order valence-electron chi connectivity index (χ3n) is 2.58. The second-order valence-electron chi connectivity index (χ2n) is 3.53. The van der Waals surface area contributed by atoms with Crippen molar-refractivity contribution in [1.82, 2.24) is 0 Å². The summed E-state index contributed by atoms with van der Waals surface area (Å²) in [6.45, 7) is 4.13. The van der Waals surface area contributed by atoms with E-state index in [1.54, 1.807) is 0 Å². The van der Waals surface area contributed by atoms with Gasteiger partial charge in [0.25, 0.3) is 0 Å². The van der Waals surface area contributed by atoms with E-state index in [1.165, 1.54) is 0 Å². The van der Waals surface area contributed by atoms with Crippen molar-refractivity contribution in [2.75, 3.05) is 5.88 Å². The van der Waals surface area contributed by atoms with Crippen molar-refractivity contribution >= 4 is 11.6 Å². The van der Waals surface area contributed by atoms with Gasteiger partial charge in [-0.3, -0.25) is 0 Å². The summed E-state index contributed by atoms with van der Waals surface area (Å²) >= 11 is 5.68. The van der Waals surface area contributed by atoms with E-state index < -0.39 is 0 Å². The Morgan fingerprint density at radius 2 is 2.25 bits per heavy atom. The highest BCUT2D eigenvalue weighted by molar-refractivity contribution is 6.18. The zero-order chi connectivity index (χ0) is 9.14. The molecule has 3 heteroatoms. The average molecular weight is 193 g/mol. The normalized spacial score (nSPS) is 43.0. The summed E-state index contributed by atoms with van der Waals surface area (Å²) in [5, 5.41) is 9.74. The van der Waals surface area contributed by atoms with Crippen LogP contribution in [0.3, 0.4) is 0 Å². The Morgan fingerprint density at radius 3 is 2.75 bits per heavy atom. The standard InChI is InChI=1S/C9H17ClO2/c1-3-7-4-6(2)12-8(5-10)9(7)11/h6-9,11H,3-5H2,1-2H3/t6?,7?,8?,9-/m0/s1. The number of hydrogen-bond donors (Lipinski definition) is 1. The first-order chi connectivity index (χ1) is 5.69. The Balaban J connectivity index is 2.55. The van der Waals surface area contributed by atoms with Crippen LogP contribution in [0.25, 0.3) is 0 Å². The number of aliphatic hydroxyl groups is 1. The highest BCUT2D eigenvalue weighted by atomic mass is 35.5. The lowest BCUT2D eigenvalue weighted by Gasteiger charge is -2.37. The molecule has 1 N–H and O–H groups in total. The van der Waals surface area contributed by atoms with E-state index in [0.717, 1.165) is 12.8 Å². The Morgan fingerprint density at radius 1 is 1.58 bits per heavy atom. The number of rotatable bonds is 2. The van der Waals surface area contributed by atoms with Crippen molar-refractivity contribution in [3.05, 3.63) is 0 Å². The molecule has 0 saturated carbocycles. The number of alkyl halides is 1. The Hall–Kier alpha value is 0.210. The number of ether oxygens (including phenoxy) is 1. The molecule has 72 valence electrons. The molecule has 1 aliphatic rings. The first-order valence-electron chi connectivity index (χ1n) is 4.58. The molecule has 1 saturated heterocycles. The van der Waals surface area contributed by atoms with Crippen molar-refractivity contribution in [3.63, 3.8) is 0 Å². The second kappa shape index (κ2) is 4.45. The van der Waals surface area contributed by atoms with Crippen LogP contribution in [0.15, 0.2) is 0 Å². The molecule has 12 heavy (non-hydrogen) atoms. The minimum atomic E-state index is -0.372. The summed E-state index contributed by atoms with van der Waals surface area (Å²) in [6.07, 6.45) is 1.65. The average Bonchev–Trinajstić information content (AvgIpc) is 2.08. The minimum Gasteiger partial charge on any atom is -0.390 e. The molecule has 0 aromatic rings. The van der Waals surface area contributed by atoms with E-state index in [4.69, 9.17) is 16.3 Å². The van der Waals surface area contributed by atoms with Crippen LogP contribution >= 0.6 is 11.6 Å². The monoisotopic (exact) mass is 192 g/mol. The number of aliphatic hydroxyl groups excluding tert-OH is 1. The molecule has 1 aliphatic heterocycles. The molecule has 1 fully saturated rings. The lowest BCUT2D eigenvalue weighted by Crippen LogP contribution is -2.45. The molecule has 0 aliphatic carbocycles. The summed E-state index contributed by atoms with van der Waals surface area (Å²) in [5.74, 6) is 0.750. The van der Waals surface area contributed by atoms with Gasteiger partial charge in [-0.15, -0.1) is 11.6 Å². The van der Waals surface area contributed by atoms with Crippen LogP contribution in [-0.4, -0.2) is 29.3 Å². The summed E-state index contributed by atoms with van der Waals surface area (Å²) in [7, 11) is 0. The van der Waals surface area contributed by atoms with Gasteiger partial charge in [0, 0.05) is 0 Å². The zero-order valence-electron chi connectivity index (χ0n) is 7.66. The predicted octanol–water partition coefficient (Wildman–Crippen LogP) is 1.79. The van der Waals surface area contributed by atoms with Gasteiger partial charge < -0.3 is 9.84 Å². The maximum absolute atomic E-state index is 9.74. The Bertz CT molecular complexity index is 126. The fourth-order valence-electron chi connectivity index (χ4n) is 1.84. The quantitative estimate of drug-likeness (QED) is 0.676. The van der Waals surface area contributed by atoms with Crippen molar-refractivity contribution in [1.29, 1.82) is 0 Å². The lowest BCUT2D eigenvalue weighted by atomic mass is 9.88. The zero-order valence-corrected chi connectivity index (χ0v) is 8.42. The van der Waals surface area contributed by atoms with Gasteiger partial charge >= 0.3 is 0 Å². The van der Waals surface area contributed by atoms with Gasteiger partial charge in [-0.2, -0.15) is 0 Å². The predicted molar refractivity (Wildman–Crippen MR) is 49.5 cm³/mol. The van der Waals surface area contributed by atoms with Crippen LogP contribution in [0.1, 0.15) is 26.7 Å². The molecule has 1 heterocycles. The summed E-state index contributed by atoms with van der Waals surface area (Å²) in [6, 6.07) is 0. The van der Waals surface area contributed by atoms with Gasteiger partial charge in [-0.05, 0) is 19.3 Å². The number of halogens is 1.